The fourth-order valence-electron chi connectivity index (χ4n) is 3.03. The van der Waals surface area contributed by atoms with Gasteiger partial charge in [0.2, 0.25) is 11.7 Å². The molecule has 0 spiro atoms. The van der Waals surface area contributed by atoms with Gasteiger partial charge in [-0.05, 0) is 51.1 Å². The zero-order valence-electron chi connectivity index (χ0n) is 19.0. The van der Waals surface area contributed by atoms with Gasteiger partial charge in [-0.15, -0.1) is 0 Å². The summed E-state index contributed by atoms with van der Waals surface area (Å²) in [6.07, 6.45) is 0. The number of carbonyl (C=O) groups excluding carboxylic acids is 3. The minimum absolute atomic E-state index is 0.0297. The molecule has 0 aliphatic heterocycles. The second-order valence-corrected chi connectivity index (χ2v) is 8.47. The summed E-state index contributed by atoms with van der Waals surface area (Å²) in [4.78, 5) is 36.8. The normalized spacial score (nSPS) is 12.4. The Balaban J connectivity index is 2.07. The Morgan fingerprint density at radius 2 is 1.69 bits per heavy atom. The number of alkyl halides is 2. The van der Waals surface area contributed by atoms with Gasteiger partial charge in [0.1, 0.15) is 11.8 Å². The molecule has 0 fully saturated rings. The Labute approximate surface area is 185 Å². The van der Waals surface area contributed by atoms with Crippen LogP contribution in [0.3, 0.4) is 0 Å². The van der Waals surface area contributed by atoms with Crippen molar-refractivity contribution in [2.24, 2.45) is 5.41 Å². The Morgan fingerprint density at radius 1 is 1.09 bits per heavy atom. The van der Waals surface area contributed by atoms with E-state index in [4.69, 9.17) is 4.74 Å². The fourth-order valence-corrected chi connectivity index (χ4v) is 3.03. The highest BCUT2D eigenvalue weighted by molar-refractivity contribution is 5.99. The largest absolute Gasteiger partial charge is 0.456 e. The van der Waals surface area contributed by atoms with Gasteiger partial charge >= 0.3 is 12.6 Å². The molecule has 1 atom stereocenters. The molecule has 0 aliphatic carbocycles. The molecule has 1 aromatic carbocycles. The quantitative estimate of drug-likeness (QED) is 0.486. The van der Waals surface area contributed by atoms with E-state index < -0.39 is 36.4 Å². The van der Waals surface area contributed by atoms with Crippen molar-refractivity contribution in [1.82, 2.24) is 9.88 Å². The Hall–Kier alpha value is -3.23. The first kappa shape index (κ1) is 25.0. The number of ketones is 1. The number of carbonyl (C=O) groups is 3. The maximum atomic E-state index is 12.7. The van der Waals surface area contributed by atoms with Crippen LogP contribution >= 0.6 is 0 Å². The van der Waals surface area contributed by atoms with Gasteiger partial charge in [-0.2, -0.15) is 8.78 Å². The van der Waals surface area contributed by atoms with Crippen molar-refractivity contribution in [3.05, 3.63) is 47.3 Å². The van der Waals surface area contributed by atoms with E-state index in [1.807, 2.05) is 0 Å². The molecule has 0 saturated carbocycles. The number of esters is 1. The number of amides is 1. The lowest BCUT2D eigenvalue weighted by molar-refractivity contribution is -0.147. The number of halogens is 2. The molecule has 1 aromatic heterocycles. The van der Waals surface area contributed by atoms with Crippen molar-refractivity contribution in [2.75, 3.05) is 6.61 Å². The number of ether oxygens (including phenoxy) is 2. The van der Waals surface area contributed by atoms with Crippen molar-refractivity contribution >= 4 is 17.7 Å². The maximum absolute atomic E-state index is 12.7. The molecule has 1 N–H and O–H groups in total. The SMILES string of the molecule is Cc1cc(C(=O)COC(=O)C(C)NC(=O)C(C)(C)C)c(C)n1-c1ccc(OC(F)F)cc1. The highest BCUT2D eigenvalue weighted by atomic mass is 19.3. The van der Waals surface area contributed by atoms with Gasteiger partial charge in [0.15, 0.2) is 6.61 Å². The van der Waals surface area contributed by atoms with Crippen LogP contribution in [0.5, 0.6) is 5.75 Å². The van der Waals surface area contributed by atoms with E-state index in [0.717, 1.165) is 5.69 Å². The first-order chi connectivity index (χ1) is 14.8. The van der Waals surface area contributed by atoms with E-state index in [2.05, 4.69) is 10.1 Å². The summed E-state index contributed by atoms with van der Waals surface area (Å²) in [5.41, 5.74) is 1.72. The first-order valence-electron chi connectivity index (χ1n) is 10.1. The summed E-state index contributed by atoms with van der Waals surface area (Å²) in [7, 11) is 0. The molecule has 0 aliphatic rings. The number of hydrogen-bond acceptors (Lipinski definition) is 5. The number of benzene rings is 1. The third-order valence-electron chi connectivity index (χ3n) is 4.78. The highest BCUT2D eigenvalue weighted by Gasteiger charge is 2.26. The summed E-state index contributed by atoms with van der Waals surface area (Å²) in [6, 6.07) is 6.81. The van der Waals surface area contributed by atoms with Crippen LogP contribution in [0.25, 0.3) is 5.69 Å². The van der Waals surface area contributed by atoms with Crippen LogP contribution in [0.2, 0.25) is 0 Å². The molecular formula is C23H28F2N2O5. The van der Waals surface area contributed by atoms with E-state index in [9.17, 15) is 23.2 Å². The third kappa shape index (κ3) is 6.15. The van der Waals surface area contributed by atoms with Gasteiger partial charge in [-0.25, -0.2) is 4.79 Å². The lowest BCUT2D eigenvalue weighted by Gasteiger charge is -2.20. The van der Waals surface area contributed by atoms with Gasteiger partial charge in [0.25, 0.3) is 0 Å². The van der Waals surface area contributed by atoms with E-state index in [1.165, 1.54) is 19.1 Å². The summed E-state index contributed by atoms with van der Waals surface area (Å²) in [6.45, 7) is 6.80. The van der Waals surface area contributed by atoms with Crippen molar-refractivity contribution in [3.63, 3.8) is 0 Å². The molecule has 0 radical (unpaired) electrons. The van der Waals surface area contributed by atoms with Crippen molar-refractivity contribution < 1.29 is 32.6 Å². The third-order valence-corrected chi connectivity index (χ3v) is 4.78. The van der Waals surface area contributed by atoms with Crippen LogP contribution in [0.15, 0.2) is 30.3 Å². The van der Waals surface area contributed by atoms with E-state index in [0.29, 0.717) is 16.9 Å². The molecule has 9 heteroatoms. The van der Waals surface area contributed by atoms with Gasteiger partial charge in [-0.1, -0.05) is 20.8 Å². The fraction of sp³-hybridized carbons (Fsp3) is 0.435. The molecule has 1 amide bonds. The molecule has 7 nitrogen and oxygen atoms in total. The molecule has 0 saturated heterocycles. The van der Waals surface area contributed by atoms with Crippen LogP contribution in [-0.2, 0) is 14.3 Å². The van der Waals surface area contributed by atoms with Gasteiger partial charge in [0.05, 0.1) is 0 Å². The highest BCUT2D eigenvalue weighted by Crippen LogP contribution is 2.24. The molecule has 174 valence electrons. The molecule has 2 rings (SSSR count). The minimum Gasteiger partial charge on any atom is -0.456 e. The Kier molecular flexibility index (Phi) is 7.77. The van der Waals surface area contributed by atoms with Crippen LogP contribution in [-0.4, -0.2) is 41.5 Å². The predicted molar refractivity (Wildman–Crippen MR) is 114 cm³/mol. The van der Waals surface area contributed by atoms with Crippen molar-refractivity contribution in [1.29, 1.82) is 0 Å². The van der Waals surface area contributed by atoms with Gasteiger partial charge in [-0.3, -0.25) is 9.59 Å². The number of rotatable bonds is 8. The van der Waals surface area contributed by atoms with E-state index in [1.54, 1.807) is 57.4 Å². The zero-order chi connectivity index (χ0) is 24.2. The van der Waals surface area contributed by atoms with E-state index >= 15 is 0 Å². The first-order valence-corrected chi connectivity index (χ1v) is 10.1. The average molecular weight is 450 g/mol. The van der Waals surface area contributed by atoms with Gasteiger partial charge in [0, 0.05) is 28.1 Å². The number of aryl methyl sites for hydroxylation is 1. The van der Waals surface area contributed by atoms with Crippen LogP contribution in [0.4, 0.5) is 8.78 Å². The standard InChI is InChI=1S/C23H28F2N2O5/c1-13-11-18(15(3)27(13)16-7-9-17(10-8-16)32-22(24)25)19(28)12-31-20(29)14(2)26-21(30)23(4,5)6/h7-11,14,22H,12H2,1-6H3,(H,26,30). The molecule has 0 bridgehead atoms. The number of nitrogens with one attached hydrogen (secondary N) is 1. The van der Waals surface area contributed by atoms with Gasteiger partial charge < -0.3 is 19.4 Å². The van der Waals surface area contributed by atoms with Crippen LogP contribution < -0.4 is 10.1 Å². The molecule has 1 heterocycles. The second-order valence-electron chi connectivity index (χ2n) is 8.47. The molecule has 1 unspecified atom stereocenters. The summed E-state index contributed by atoms with van der Waals surface area (Å²) in [5, 5.41) is 2.56. The second kappa shape index (κ2) is 9.93. The minimum atomic E-state index is -2.91. The smallest absolute Gasteiger partial charge is 0.387 e. The number of Topliss-reactive ketones (excluding diaryl/α,β-unsaturated/α-hetero) is 1. The predicted octanol–water partition coefficient (Wildman–Crippen LogP) is 3.97. The Bertz CT molecular complexity index is 991. The maximum Gasteiger partial charge on any atom is 0.387 e. The summed E-state index contributed by atoms with van der Waals surface area (Å²) < 4.78 is 35.9. The monoisotopic (exact) mass is 450 g/mol. The number of hydrogen-bond donors (Lipinski definition) is 1. The van der Waals surface area contributed by atoms with Crippen molar-refractivity contribution in [3.8, 4) is 11.4 Å². The van der Waals surface area contributed by atoms with E-state index in [-0.39, 0.29) is 11.7 Å². The topological polar surface area (TPSA) is 86.6 Å². The molecular weight excluding hydrogens is 422 g/mol. The average Bonchev–Trinajstić information content (AvgIpc) is 2.99. The molecule has 32 heavy (non-hydrogen) atoms. The number of nitrogens with zero attached hydrogens (tertiary/aromatic N) is 1. The van der Waals surface area contributed by atoms with Crippen LogP contribution in [0.1, 0.15) is 49.4 Å². The number of aromatic nitrogens is 1. The Morgan fingerprint density at radius 3 is 2.22 bits per heavy atom. The summed E-state index contributed by atoms with van der Waals surface area (Å²) >= 11 is 0. The zero-order valence-corrected chi connectivity index (χ0v) is 19.0. The van der Waals surface area contributed by atoms with Crippen LogP contribution in [0, 0.1) is 19.3 Å². The van der Waals surface area contributed by atoms with Crippen molar-refractivity contribution in [2.45, 2.75) is 54.2 Å². The lowest BCUT2D eigenvalue weighted by atomic mass is 9.95. The molecule has 2 aromatic rings. The summed E-state index contributed by atoms with van der Waals surface area (Å²) in [5.74, 6) is -1.38. The lowest BCUT2D eigenvalue weighted by Crippen LogP contribution is -2.45.